The van der Waals surface area contributed by atoms with Crippen LogP contribution in [0, 0.1) is 0 Å². The van der Waals surface area contributed by atoms with Crippen LogP contribution >= 0.6 is 0 Å². The van der Waals surface area contributed by atoms with Gasteiger partial charge in [0.1, 0.15) is 23.1 Å². The Kier molecular flexibility index (Phi) is 31.1. The third-order valence-corrected chi connectivity index (χ3v) is 0.996. The second-order valence-electron chi connectivity index (χ2n) is 3.16. The van der Waals surface area contributed by atoms with E-state index in [0.29, 0.717) is 0 Å². The molecule has 6 nitrogen and oxygen atoms in total. The Morgan fingerprint density at radius 2 is 0.706 bits per heavy atom. The molecule has 96 valence electrons. The molecule has 0 spiro atoms. The summed E-state index contributed by atoms with van der Waals surface area (Å²) in [5.74, 6) is -0.250. The molecule has 0 saturated carbocycles. The van der Waals surface area contributed by atoms with Crippen LogP contribution in [0.1, 0.15) is 40.5 Å². The first kappa shape index (κ1) is 29.9. The van der Waals surface area contributed by atoms with E-state index < -0.39 is 0 Å². The van der Waals surface area contributed by atoms with Gasteiger partial charge in [-0.1, -0.05) is 0 Å². The van der Waals surface area contributed by atoms with Crippen molar-refractivity contribution in [2.24, 2.45) is 0 Å². The fourth-order valence-electron chi connectivity index (χ4n) is 0.701. The average Bonchev–Trinajstić information content (AvgIpc) is 1.79. The van der Waals surface area contributed by atoms with Crippen molar-refractivity contribution in [1.82, 2.24) is 0 Å². The number of hydrogen-bond donors (Lipinski definition) is 0. The minimum atomic E-state index is -0.0625. The predicted molar refractivity (Wildman–Crippen MR) is 53.3 cm³/mol. The minimum Gasteiger partial charge on any atom is -2.00 e. The van der Waals surface area contributed by atoms with Gasteiger partial charge in [-0.3, -0.25) is 19.2 Å². The zero-order chi connectivity index (χ0) is 11.7. The van der Waals surface area contributed by atoms with Crippen molar-refractivity contribution < 1.29 is 51.8 Å². The van der Waals surface area contributed by atoms with E-state index in [0.717, 1.165) is 0 Å². The molecule has 7 heteroatoms. The molecule has 0 heterocycles. The van der Waals surface area contributed by atoms with Crippen molar-refractivity contribution >= 4 is 23.1 Å². The Labute approximate surface area is 116 Å². The fraction of sp³-hybridized carbons (Fsp3) is 0.600. The molecule has 0 bridgehead atoms. The van der Waals surface area contributed by atoms with Gasteiger partial charge in [0.25, 0.3) is 0 Å². The van der Waals surface area contributed by atoms with E-state index in [1.54, 1.807) is 0 Å². The summed E-state index contributed by atoms with van der Waals surface area (Å²) < 4.78 is 0. The molecule has 0 unspecified atom stereocenters. The first-order valence-corrected chi connectivity index (χ1v) is 4.23. The molecule has 0 atom stereocenters. The van der Waals surface area contributed by atoms with Crippen molar-refractivity contribution in [3.05, 3.63) is 0 Å². The standard InChI is InChI=1S/2C5H8O2.2O.Ti/c2*1-4(6)3-5(2)7;;;/h2*3H2,1-2H3;;;/q;;2*-2;+4. The van der Waals surface area contributed by atoms with Crippen LogP contribution in [0.25, 0.3) is 0 Å². The number of ketones is 4. The number of Topliss-reactive ketones (excluding diaryl/α,β-unsaturated/α-hetero) is 4. The van der Waals surface area contributed by atoms with Crippen LogP contribution in [-0.2, 0) is 51.8 Å². The normalized spacial score (nSPS) is 6.82. The second-order valence-corrected chi connectivity index (χ2v) is 3.16. The van der Waals surface area contributed by atoms with E-state index in [1.807, 2.05) is 0 Å². The van der Waals surface area contributed by atoms with Gasteiger partial charge < -0.3 is 11.0 Å². The molecule has 0 fully saturated rings. The van der Waals surface area contributed by atoms with Crippen LogP contribution in [0.2, 0.25) is 0 Å². The van der Waals surface area contributed by atoms with Crippen molar-refractivity contribution in [3.8, 4) is 0 Å². The molecule has 0 aromatic rings. The maximum atomic E-state index is 10.0. The summed E-state index contributed by atoms with van der Waals surface area (Å²) in [4.78, 5) is 40.1. The van der Waals surface area contributed by atoms with Gasteiger partial charge >= 0.3 is 21.7 Å². The molecule has 0 aliphatic carbocycles. The van der Waals surface area contributed by atoms with Crippen LogP contribution in [0.4, 0.5) is 0 Å². The summed E-state index contributed by atoms with van der Waals surface area (Å²) >= 11 is 0. The second kappa shape index (κ2) is 17.7. The first-order valence-electron chi connectivity index (χ1n) is 4.23. The van der Waals surface area contributed by atoms with E-state index in [9.17, 15) is 19.2 Å². The van der Waals surface area contributed by atoms with E-state index in [4.69, 9.17) is 0 Å². The molecule has 0 rings (SSSR count). The van der Waals surface area contributed by atoms with E-state index in [1.165, 1.54) is 27.7 Å². The van der Waals surface area contributed by atoms with E-state index in [2.05, 4.69) is 0 Å². The predicted octanol–water partition coefficient (Wildman–Crippen LogP) is 0.869. The van der Waals surface area contributed by atoms with Crippen molar-refractivity contribution in [2.75, 3.05) is 0 Å². The van der Waals surface area contributed by atoms with Crippen LogP contribution < -0.4 is 0 Å². The molecule has 0 aromatic carbocycles. The van der Waals surface area contributed by atoms with Crippen LogP contribution in [0.3, 0.4) is 0 Å². The maximum absolute atomic E-state index is 10.0. The van der Waals surface area contributed by atoms with Gasteiger partial charge in [0.2, 0.25) is 0 Å². The number of rotatable bonds is 4. The Balaban J connectivity index is -0.0000000480. The summed E-state index contributed by atoms with van der Waals surface area (Å²) in [5, 5.41) is 0. The van der Waals surface area contributed by atoms with Gasteiger partial charge in [0.15, 0.2) is 0 Å². The molecule has 0 aliphatic heterocycles. The van der Waals surface area contributed by atoms with Gasteiger partial charge in [-0.15, -0.1) is 0 Å². The van der Waals surface area contributed by atoms with Crippen molar-refractivity contribution in [1.29, 1.82) is 0 Å². The Hall–Kier alpha value is -0.686. The monoisotopic (exact) mass is 280 g/mol. The Morgan fingerprint density at radius 1 is 0.588 bits per heavy atom. The van der Waals surface area contributed by atoms with Gasteiger partial charge in [-0.2, -0.15) is 0 Å². The van der Waals surface area contributed by atoms with Crippen molar-refractivity contribution in [2.45, 2.75) is 40.5 Å². The molecular formula is C10H16O6Ti. The third kappa shape index (κ3) is 50.7. The summed E-state index contributed by atoms with van der Waals surface area (Å²) in [6, 6.07) is 0. The van der Waals surface area contributed by atoms with Crippen molar-refractivity contribution in [3.63, 3.8) is 0 Å². The summed E-state index contributed by atoms with van der Waals surface area (Å²) in [6.07, 6.45) is 0.167. The molecule has 0 radical (unpaired) electrons. The number of hydrogen-bond acceptors (Lipinski definition) is 4. The Bertz CT molecular complexity index is 199. The van der Waals surface area contributed by atoms with E-state index in [-0.39, 0.29) is 68.6 Å². The van der Waals surface area contributed by atoms with Crippen LogP contribution in [-0.4, -0.2) is 23.1 Å². The first-order chi connectivity index (χ1) is 6.25. The number of carbonyl (C=O) groups is 4. The topological polar surface area (TPSA) is 125 Å². The van der Waals surface area contributed by atoms with Crippen LogP contribution in [0.15, 0.2) is 0 Å². The molecule has 0 saturated heterocycles. The zero-order valence-electron chi connectivity index (χ0n) is 10.4. The molecule has 17 heavy (non-hydrogen) atoms. The Morgan fingerprint density at radius 3 is 0.706 bits per heavy atom. The van der Waals surface area contributed by atoms with Gasteiger partial charge in [-0.05, 0) is 27.7 Å². The zero-order valence-corrected chi connectivity index (χ0v) is 11.9. The smallest absolute Gasteiger partial charge is 2.00 e. The summed E-state index contributed by atoms with van der Waals surface area (Å²) in [7, 11) is 0. The fourth-order valence-corrected chi connectivity index (χ4v) is 0.701. The quantitative estimate of drug-likeness (QED) is 0.559. The summed E-state index contributed by atoms with van der Waals surface area (Å²) in [6.45, 7) is 5.62. The summed E-state index contributed by atoms with van der Waals surface area (Å²) in [5.41, 5.74) is 0. The van der Waals surface area contributed by atoms with E-state index >= 15 is 0 Å². The average molecular weight is 280 g/mol. The molecular weight excluding hydrogens is 264 g/mol. The SMILES string of the molecule is CC(=O)CC(C)=O.CC(=O)CC(C)=O.[O-2].[O-2].[Ti+4]. The molecule has 0 amide bonds. The molecule has 0 aromatic heterocycles. The number of carbonyl (C=O) groups excluding carboxylic acids is 4. The van der Waals surface area contributed by atoms with Gasteiger partial charge in [0.05, 0.1) is 12.8 Å². The minimum absolute atomic E-state index is 0. The maximum Gasteiger partial charge on any atom is 4.00 e. The van der Waals surface area contributed by atoms with Crippen LogP contribution in [0.5, 0.6) is 0 Å². The molecule has 0 N–H and O–H groups in total. The molecule has 0 aliphatic rings. The third-order valence-electron chi connectivity index (χ3n) is 0.996. The van der Waals surface area contributed by atoms with Gasteiger partial charge in [-0.25, -0.2) is 0 Å². The largest absolute Gasteiger partial charge is 4.00 e. The van der Waals surface area contributed by atoms with Gasteiger partial charge in [0, 0.05) is 0 Å².